The highest BCUT2D eigenvalue weighted by Crippen LogP contribution is 2.45. The molecule has 1 saturated carbocycles. The van der Waals surface area contributed by atoms with Crippen LogP contribution in [0.5, 0.6) is 0 Å². The lowest BCUT2D eigenvalue weighted by Crippen LogP contribution is -2.43. The molecule has 0 spiro atoms. The number of hydrogen-bond donors (Lipinski definition) is 2. The Morgan fingerprint density at radius 1 is 1.29 bits per heavy atom. The molecule has 1 unspecified atom stereocenters. The molecule has 0 aromatic carbocycles. The van der Waals surface area contributed by atoms with Gasteiger partial charge in [-0.2, -0.15) is 0 Å². The summed E-state index contributed by atoms with van der Waals surface area (Å²) in [5.74, 6) is 0. The van der Waals surface area contributed by atoms with Crippen molar-refractivity contribution in [3.63, 3.8) is 0 Å². The lowest BCUT2D eigenvalue weighted by atomic mass is 9.66. The molecule has 2 fully saturated rings. The smallest absolute Gasteiger partial charge is 0.0488 e. The maximum Gasteiger partial charge on any atom is 0.0488 e. The van der Waals surface area contributed by atoms with Crippen LogP contribution in [0, 0.1) is 5.41 Å². The van der Waals surface area contributed by atoms with Crippen molar-refractivity contribution in [1.29, 1.82) is 0 Å². The topological polar surface area (TPSA) is 32.3 Å². The van der Waals surface area contributed by atoms with Gasteiger partial charge in [-0.1, -0.05) is 6.42 Å². The number of rotatable bonds is 3. The fraction of sp³-hybridized carbons (Fsp3) is 1.00. The normalized spacial score (nSPS) is 34.1. The van der Waals surface area contributed by atoms with Crippen molar-refractivity contribution in [2.75, 3.05) is 6.61 Å². The van der Waals surface area contributed by atoms with Crippen LogP contribution < -0.4 is 5.32 Å². The average Bonchev–Trinajstić information content (AvgIpc) is 2.38. The molecular formula is C12H23NO. The molecule has 1 aliphatic heterocycles. The van der Waals surface area contributed by atoms with Crippen molar-refractivity contribution >= 4 is 0 Å². The van der Waals surface area contributed by atoms with E-state index < -0.39 is 0 Å². The molecule has 2 aliphatic rings. The molecule has 0 aromatic heterocycles. The van der Waals surface area contributed by atoms with Crippen molar-refractivity contribution in [1.82, 2.24) is 5.32 Å². The first-order valence-electron chi connectivity index (χ1n) is 5.94. The summed E-state index contributed by atoms with van der Waals surface area (Å²) in [5, 5.41) is 13.1. The minimum absolute atomic E-state index is 0.290. The van der Waals surface area contributed by atoms with Gasteiger partial charge in [-0.3, -0.25) is 0 Å². The zero-order chi connectivity index (χ0) is 10.2. The van der Waals surface area contributed by atoms with Crippen molar-refractivity contribution in [2.24, 2.45) is 5.41 Å². The molecule has 2 N–H and O–H groups in total. The molecule has 2 heteroatoms. The second-order valence-electron chi connectivity index (χ2n) is 5.98. The van der Waals surface area contributed by atoms with Crippen molar-refractivity contribution < 1.29 is 5.11 Å². The highest BCUT2D eigenvalue weighted by molar-refractivity contribution is 4.97. The van der Waals surface area contributed by atoms with E-state index in [-0.39, 0.29) is 5.41 Å². The summed E-state index contributed by atoms with van der Waals surface area (Å²) in [5.41, 5.74) is 0.614. The minimum atomic E-state index is 0.290. The fourth-order valence-corrected chi connectivity index (χ4v) is 3.01. The van der Waals surface area contributed by atoms with Crippen LogP contribution in [0.2, 0.25) is 0 Å². The third kappa shape index (κ3) is 1.96. The van der Waals surface area contributed by atoms with Gasteiger partial charge in [0.1, 0.15) is 0 Å². The van der Waals surface area contributed by atoms with Crippen LogP contribution in [0.15, 0.2) is 0 Å². The van der Waals surface area contributed by atoms with Crippen LogP contribution in [0.25, 0.3) is 0 Å². The molecule has 1 heterocycles. The average molecular weight is 197 g/mol. The van der Waals surface area contributed by atoms with E-state index >= 15 is 0 Å². The first kappa shape index (κ1) is 10.4. The second kappa shape index (κ2) is 3.49. The van der Waals surface area contributed by atoms with E-state index in [4.69, 9.17) is 0 Å². The van der Waals surface area contributed by atoms with Crippen LogP contribution in [0.3, 0.4) is 0 Å². The molecule has 2 rings (SSSR count). The Kier molecular flexibility index (Phi) is 2.61. The maximum absolute atomic E-state index is 9.40. The van der Waals surface area contributed by atoms with Crippen LogP contribution in [0.4, 0.5) is 0 Å². The Morgan fingerprint density at radius 3 is 2.36 bits per heavy atom. The molecular weight excluding hydrogens is 174 g/mol. The van der Waals surface area contributed by atoms with Gasteiger partial charge in [0, 0.05) is 18.2 Å². The SMILES string of the molecule is CC1(C)CCC(CC2(CO)CCC2)N1. The summed E-state index contributed by atoms with van der Waals surface area (Å²) in [6, 6.07) is 0.650. The Labute approximate surface area is 87.1 Å². The predicted octanol–water partition coefficient (Wildman–Crippen LogP) is 2.07. The van der Waals surface area contributed by atoms with Crippen LogP contribution in [-0.2, 0) is 0 Å². The highest BCUT2D eigenvalue weighted by atomic mass is 16.3. The van der Waals surface area contributed by atoms with Gasteiger partial charge < -0.3 is 10.4 Å². The van der Waals surface area contributed by atoms with Gasteiger partial charge in [0.15, 0.2) is 0 Å². The van der Waals surface area contributed by atoms with Gasteiger partial charge in [-0.15, -0.1) is 0 Å². The molecule has 0 aromatic rings. The third-order valence-electron chi connectivity index (χ3n) is 4.14. The molecule has 1 atom stereocenters. The third-order valence-corrected chi connectivity index (χ3v) is 4.14. The van der Waals surface area contributed by atoms with Gasteiger partial charge in [0.2, 0.25) is 0 Å². The molecule has 0 amide bonds. The molecule has 14 heavy (non-hydrogen) atoms. The monoisotopic (exact) mass is 197 g/mol. The van der Waals surface area contributed by atoms with Crippen LogP contribution in [0.1, 0.15) is 52.4 Å². The standard InChI is InChI=1S/C12H23NO/c1-11(2)7-4-10(13-11)8-12(9-14)5-3-6-12/h10,13-14H,3-9H2,1-2H3. The van der Waals surface area contributed by atoms with E-state index in [2.05, 4.69) is 19.2 Å². The number of nitrogens with one attached hydrogen (secondary N) is 1. The lowest BCUT2D eigenvalue weighted by molar-refractivity contribution is 0.0269. The van der Waals surface area contributed by atoms with Crippen LogP contribution in [-0.4, -0.2) is 23.3 Å². The zero-order valence-corrected chi connectivity index (χ0v) is 9.47. The summed E-state index contributed by atoms with van der Waals surface area (Å²) >= 11 is 0. The Morgan fingerprint density at radius 2 is 2.00 bits per heavy atom. The predicted molar refractivity (Wildman–Crippen MR) is 58.2 cm³/mol. The van der Waals surface area contributed by atoms with Gasteiger partial charge in [0.25, 0.3) is 0 Å². The summed E-state index contributed by atoms with van der Waals surface area (Å²) in [6.07, 6.45) is 7.54. The van der Waals surface area contributed by atoms with E-state index in [1.165, 1.54) is 38.5 Å². The minimum Gasteiger partial charge on any atom is -0.396 e. The molecule has 1 aliphatic carbocycles. The first-order valence-corrected chi connectivity index (χ1v) is 5.94. The van der Waals surface area contributed by atoms with E-state index in [0.717, 1.165) is 0 Å². The largest absolute Gasteiger partial charge is 0.396 e. The van der Waals surface area contributed by atoms with E-state index in [0.29, 0.717) is 18.2 Å². The number of hydrogen-bond acceptors (Lipinski definition) is 2. The van der Waals surface area contributed by atoms with E-state index in [9.17, 15) is 5.11 Å². The van der Waals surface area contributed by atoms with Crippen molar-refractivity contribution in [3.05, 3.63) is 0 Å². The lowest BCUT2D eigenvalue weighted by Gasteiger charge is -2.42. The highest BCUT2D eigenvalue weighted by Gasteiger charge is 2.41. The van der Waals surface area contributed by atoms with E-state index in [1.54, 1.807) is 0 Å². The molecule has 1 saturated heterocycles. The first-order chi connectivity index (χ1) is 6.55. The number of aliphatic hydroxyl groups is 1. The number of aliphatic hydroxyl groups excluding tert-OH is 1. The summed E-state index contributed by atoms with van der Waals surface area (Å²) in [6.45, 7) is 4.95. The summed E-state index contributed by atoms with van der Waals surface area (Å²) in [7, 11) is 0. The van der Waals surface area contributed by atoms with E-state index in [1.807, 2.05) is 0 Å². The Hall–Kier alpha value is -0.0800. The molecule has 0 bridgehead atoms. The van der Waals surface area contributed by atoms with Crippen molar-refractivity contribution in [2.45, 2.75) is 64.0 Å². The summed E-state index contributed by atoms with van der Waals surface area (Å²) in [4.78, 5) is 0. The molecule has 0 radical (unpaired) electrons. The summed E-state index contributed by atoms with van der Waals surface area (Å²) < 4.78 is 0. The molecule has 82 valence electrons. The van der Waals surface area contributed by atoms with Gasteiger partial charge in [0.05, 0.1) is 0 Å². The Bertz CT molecular complexity index is 203. The second-order valence-corrected chi connectivity index (χ2v) is 5.98. The van der Waals surface area contributed by atoms with Gasteiger partial charge in [-0.05, 0) is 51.4 Å². The van der Waals surface area contributed by atoms with Crippen LogP contribution >= 0.6 is 0 Å². The molecule has 2 nitrogen and oxygen atoms in total. The zero-order valence-electron chi connectivity index (χ0n) is 9.47. The van der Waals surface area contributed by atoms with Gasteiger partial charge in [-0.25, -0.2) is 0 Å². The Balaban J connectivity index is 1.86. The fourth-order valence-electron chi connectivity index (χ4n) is 3.01. The van der Waals surface area contributed by atoms with Crippen molar-refractivity contribution in [3.8, 4) is 0 Å². The van der Waals surface area contributed by atoms with Gasteiger partial charge >= 0.3 is 0 Å². The maximum atomic E-state index is 9.40. The quantitative estimate of drug-likeness (QED) is 0.726.